The van der Waals surface area contributed by atoms with Gasteiger partial charge < -0.3 is 24.0 Å². The van der Waals surface area contributed by atoms with Gasteiger partial charge in [-0.2, -0.15) is 0 Å². The summed E-state index contributed by atoms with van der Waals surface area (Å²) in [5.41, 5.74) is 1.18. The minimum atomic E-state index is -0.554. The molecule has 0 saturated carbocycles. The van der Waals surface area contributed by atoms with Gasteiger partial charge in [0, 0.05) is 24.4 Å². The standard InChI is InChI=1S/C25H17N3O4S.U/c1-32-19-10-8-18(9-11-19)28-21(17-6-3-2-4-7-17)13-12-20(24(28)31)23(30)22(16-29)33-25-26-14-5-15-27-25;/h2-11,13-15,30H,1H3;/q-2;+2. The number of hydrogen-bond donors (Lipinski definition) is 1. The molecule has 0 amide bonds. The number of allylic oxidation sites excluding steroid dienone is 1. The van der Waals surface area contributed by atoms with E-state index in [2.05, 4.69) is 16.0 Å². The van der Waals surface area contributed by atoms with Gasteiger partial charge in [0.05, 0.1) is 7.11 Å². The maximum atomic E-state index is 13.6. The first-order valence-corrected chi connectivity index (χ1v) is 10.6. The van der Waals surface area contributed by atoms with Gasteiger partial charge in [-0.3, -0.25) is 0 Å². The summed E-state index contributed by atoms with van der Waals surface area (Å²) >= 11 is 0.807. The van der Waals surface area contributed by atoms with E-state index in [1.807, 2.05) is 30.3 Å². The molecule has 2 heterocycles. The molecule has 0 spiro atoms. The Labute approximate surface area is 223 Å². The van der Waals surface area contributed by atoms with Gasteiger partial charge in [0.1, 0.15) is 5.75 Å². The third kappa shape index (κ3) is 5.50. The van der Waals surface area contributed by atoms with Crippen LogP contribution < -0.4 is 10.3 Å². The molecule has 0 atom stereocenters. The first kappa shape index (κ1) is 25.5. The van der Waals surface area contributed by atoms with Crippen LogP contribution in [0.5, 0.6) is 5.75 Å². The van der Waals surface area contributed by atoms with Crippen molar-refractivity contribution in [1.29, 1.82) is 0 Å². The number of carbonyl (C=O) groups excluding carboxylic acids is 1. The number of pyridine rings is 1. The SMILES string of the molecule is COc1ccc(-n2c(-c3ccccc3)c[c-]c(C(O)=C([C-]=O)Sc3ncccn3)c2=O)cc1.[U+2]. The van der Waals surface area contributed by atoms with Gasteiger partial charge in [-0.15, -0.1) is 12.1 Å². The number of methoxy groups -OCH3 is 1. The van der Waals surface area contributed by atoms with E-state index in [9.17, 15) is 14.7 Å². The van der Waals surface area contributed by atoms with E-state index in [1.165, 1.54) is 17.0 Å². The zero-order chi connectivity index (χ0) is 23.2. The molecule has 0 unspecified atom stereocenters. The summed E-state index contributed by atoms with van der Waals surface area (Å²) < 4.78 is 6.66. The molecule has 2 aromatic heterocycles. The normalized spacial score (nSPS) is 11.2. The van der Waals surface area contributed by atoms with Crippen LogP contribution in [0.25, 0.3) is 22.7 Å². The number of aliphatic hydroxyl groups is 1. The van der Waals surface area contributed by atoms with Crippen LogP contribution in [0.2, 0.25) is 0 Å². The first-order chi connectivity index (χ1) is 16.1. The van der Waals surface area contributed by atoms with Crippen LogP contribution in [0.3, 0.4) is 0 Å². The molecule has 0 saturated heterocycles. The molecule has 9 heteroatoms. The number of thioether (sulfide) groups is 1. The number of hydrogen-bond acceptors (Lipinski definition) is 7. The summed E-state index contributed by atoms with van der Waals surface area (Å²) in [4.78, 5) is 33.0. The second-order valence-electron chi connectivity index (χ2n) is 6.67. The fourth-order valence-electron chi connectivity index (χ4n) is 3.13. The van der Waals surface area contributed by atoms with Gasteiger partial charge >= 0.3 is 31.1 Å². The topological polar surface area (TPSA) is 94.3 Å². The predicted molar refractivity (Wildman–Crippen MR) is 126 cm³/mol. The molecule has 4 aromatic rings. The van der Waals surface area contributed by atoms with Crippen LogP contribution in [-0.4, -0.2) is 33.0 Å². The number of ether oxygens (including phenoxy) is 1. The molecule has 1 N–H and O–H groups in total. The molecule has 0 radical (unpaired) electrons. The fraction of sp³-hybridized carbons (Fsp3) is 0.0400. The molecular formula is C25H17N3O4SU. The van der Waals surface area contributed by atoms with E-state index < -0.39 is 11.3 Å². The van der Waals surface area contributed by atoms with Crippen LogP contribution in [0.1, 0.15) is 5.56 Å². The largest absolute Gasteiger partial charge is 2.00 e. The molecule has 2 aromatic carbocycles. The zero-order valence-corrected chi connectivity index (χ0v) is 22.9. The number of benzene rings is 2. The van der Waals surface area contributed by atoms with Crippen molar-refractivity contribution in [1.82, 2.24) is 14.5 Å². The molecule has 0 aliphatic rings. The summed E-state index contributed by atoms with van der Waals surface area (Å²) in [6.07, 6.45) is 4.69. The van der Waals surface area contributed by atoms with Crippen molar-refractivity contribution in [3.63, 3.8) is 0 Å². The molecule has 7 nitrogen and oxygen atoms in total. The second-order valence-corrected chi connectivity index (χ2v) is 7.64. The van der Waals surface area contributed by atoms with Crippen LogP contribution >= 0.6 is 11.8 Å². The average molecular weight is 694 g/mol. The molecule has 0 aliphatic carbocycles. The van der Waals surface area contributed by atoms with Crippen molar-refractivity contribution in [3.05, 3.63) is 106 Å². The minimum absolute atomic E-state index is 0. The summed E-state index contributed by atoms with van der Waals surface area (Å²) in [6.45, 7) is 0. The summed E-state index contributed by atoms with van der Waals surface area (Å²) in [5, 5.41) is 11.0. The summed E-state index contributed by atoms with van der Waals surface area (Å²) in [7, 11) is 1.56. The van der Waals surface area contributed by atoms with Crippen molar-refractivity contribution in [3.8, 4) is 22.7 Å². The fourth-order valence-corrected chi connectivity index (χ4v) is 3.78. The Morgan fingerprint density at radius 1 is 1.06 bits per heavy atom. The monoisotopic (exact) mass is 693 g/mol. The van der Waals surface area contributed by atoms with Gasteiger partial charge in [-0.05, 0) is 47.3 Å². The Morgan fingerprint density at radius 3 is 2.35 bits per heavy atom. The molecule has 0 bridgehead atoms. The van der Waals surface area contributed by atoms with Crippen LogP contribution in [0.15, 0.2) is 94.0 Å². The van der Waals surface area contributed by atoms with Crippen molar-refractivity contribution < 1.29 is 45.8 Å². The summed E-state index contributed by atoms with van der Waals surface area (Å²) in [6, 6.07) is 22.3. The quantitative estimate of drug-likeness (QED) is 0.102. The van der Waals surface area contributed by atoms with E-state index in [0.717, 1.165) is 17.3 Å². The molecule has 4 rings (SSSR count). The van der Waals surface area contributed by atoms with E-state index >= 15 is 0 Å². The van der Waals surface area contributed by atoms with E-state index in [4.69, 9.17) is 4.74 Å². The predicted octanol–water partition coefficient (Wildman–Crippen LogP) is 4.23. The van der Waals surface area contributed by atoms with Crippen LogP contribution in [0, 0.1) is 37.2 Å². The van der Waals surface area contributed by atoms with Gasteiger partial charge in [-0.1, -0.05) is 52.6 Å². The van der Waals surface area contributed by atoms with Crippen molar-refractivity contribution in [2.24, 2.45) is 0 Å². The number of rotatable bonds is 7. The van der Waals surface area contributed by atoms with Gasteiger partial charge in [-0.25, -0.2) is 9.97 Å². The summed E-state index contributed by atoms with van der Waals surface area (Å²) in [5.74, 6) is 0.0879. The van der Waals surface area contributed by atoms with Gasteiger partial charge in [0.25, 0.3) is 0 Å². The zero-order valence-electron chi connectivity index (χ0n) is 17.9. The maximum absolute atomic E-state index is 13.6. The molecule has 34 heavy (non-hydrogen) atoms. The van der Waals surface area contributed by atoms with Gasteiger partial charge in [0.15, 0.2) is 10.7 Å². The van der Waals surface area contributed by atoms with E-state index in [1.54, 1.807) is 49.8 Å². The third-order valence-corrected chi connectivity index (χ3v) is 5.57. The van der Waals surface area contributed by atoms with Crippen molar-refractivity contribution in [2.45, 2.75) is 5.16 Å². The van der Waals surface area contributed by atoms with E-state index in [-0.39, 0.29) is 46.7 Å². The van der Waals surface area contributed by atoms with Crippen molar-refractivity contribution >= 4 is 23.8 Å². The first-order valence-electron chi connectivity index (χ1n) is 9.76. The molecule has 166 valence electrons. The number of aliphatic hydroxyl groups excluding tert-OH is 1. The molecule has 0 fully saturated rings. The Balaban J connectivity index is 0.00000324. The average Bonchev–Trinajstić information content (AvgIpc) is 2.88. The number of aromatic nitrogens is 3. The smallest absolute Gasteiger partial charge is 0.592 e. The second kappa shape index (κ2) is 11.8. The maximum Gasteiger partial charge on any atom is 2.00 e. The molecular weight excluding hydrogens is 676 g/mol. The Hall–Kier alpha value is -3.12. The Kier molecular flexibility index (Phi) is 8.88. The van der Waals surface area contributed by atoms with Crippen LogP contribution in [0.4, 0.5) is 0 Å². The van der Waals surface area contributed by atoms with Crippen molar-refractivity contribution in [2.75, 3.05) is 7.11 Å². The third-order valence-electron chi connectivity index (χ3n) is 4.69. The number of nitrogens with zero attached hydrogens (tertiary/aromatic N) is 3. The molecule has 0 aliphatic heterocycles. The Morgan fingerprint density at radius 2 is 1.74 bits per heavy atom. The Bertz CT molecular complexity index is 1360. The van der Waals surface area contributed by atoms with Gasteiger partial charge in [0.2, 0.25) is 0 Å². The van der Waals surface area contributed by atoms with E-state index in [0.29, 0.717) is 17.1 Å². The minimum Gasteiger partial charge on any atom is -0.592 e. The van der Waals surface area contributed by atoms with Crippen LogP contribution in [-0.2, 0) is 4.79 Å².